The van der Waals surface area contributed by atoms with Crippen LogP contribution in [-0.2, 0) is 9.59 Å². The minimum Gasteiger partial charge on any atom is -0.346 e. The molecule has 21 heavy (non-hydrogen) atoms. The largest absolute Gasteiger partial charge is 0.346 e. The number of ketones is 1. The molecule has 1 aromatic rings. The minimum absolute atomic E-state index is 0.0157. The first-order valence-electron chi connectivity index (χ1n) is 7.72. The van der Waals surface area contributed by atoms with Gasteiger partial charge in [-0.25, -0.2) is 0 Å². The number of nitrogens with one attached hydrogen (secondary N) is 1. The van der Waals surface area contributed by atoms with Gasteiger partial charge in [-0.3, -0.25) is 9.59 Å². The second-order valence-corrected chi connectivity index (χ2v) is 6.99. The summed E-state index contributed by atoms with van der Waals surface area (Å²) in [5.41, 5.74) is 0.964. The number of carbonyl (C=O) groups excluding carboxylic acids is 2. The first kappa shape index (κ1) is 15.7. The standard InChI is InChI=1S/C18H25NO2/c1-5-15(20)16(18(2,3)4)19-17(21)14-11-13(14)12-9-7-6-8-10-12/h6-10,13-14,16H,5,11H2,1-4H3,(H,19,21). The molecular formula is C18H25NO2. The van der Waals surface area contributed by atoms with Crippen LogP contribution in [0.5, 0.6) is 0 Å². The van der Waals surface area contributed by atoms with E-state index in [-0.39, 0.29) is 23.0 Å². The van der Waals surface area contributed by atoms with E-state index in [1.807, 2.05) is 45.9 Å². The van der Waals surface area contributed by atoms with Crippen LogP contribution in [0.15, 0.2) is 30.3 Å². The summed E-state index contributed by atoms with van der Waals surface area (Å²) in [4.78, 5) is 24.5. The van der Waals surface area contributed by atoms with E-state index in [0.29, 0.717) is 12.3 Å². The molecule has 1 N–H and O–H groups in total. The maximum atomic E-state index is 12.4. The highest BCUT2D eigenvalue weighted by molar-refractivity contribution is 5.91. The third-order valence-electron chi connectivity index (χ3n) is 4.18. The molecule has 2 rings (SSSR count). The lowest BCUT2D eigenvalue weighted by molar-refractivity contribution is -0.130. The number of rotatable bonds is 5. The molecule has 0 aliphatic heterocycles. The van der Waals surface area contributed by atoms with Crippen molar-refractivity contribution in [1.82, 2.24) is 5.32 Å². The molecule has 1 aliphatic carbocycles. The number of Topliss-reactive ketones (excluding diaryl/α,β-unsaturated/α-hetero) is 1. The zero-order valence-corrected chi connectivity index (χ0v) is 13.3. The molecule has 0 saturated heterocycles. The maximum absolute atomic E-state index is 12.4. The molecule has 3 unspecified atom stereocenters. The van der Waals surface area contributed by atoms with Gasteiger partial charge in [-0.2, -0.15) is 0 Å². The summed E-state index contributed by atoms with van der Waals surface area (Å²) in [6, 6.07) is 9.72. The molecule has 0 radical (unpaired) electrons. The number of benzene rings is 1. The summed E-state index contributed by atoms with van der Waals surface area (Å²) < 4.78 is 0. The van der Waals surface area contributed by atoms with Crippen LogP contribution in [-0.4, -0.2) is 17.7 Å². The molecule has 0 heterocycles. The smallest absolute Gasteiger partial charge is 0.224 e. The van der Waals surface area contributed by atoms with Gasteiger partial charge in [0.05, 0.1) is 6.04 Å². The molecule has 0 bridgehead atoms. The second-order valence-electron chi connectivity index (χ2n) is 6.99. The molecule has 114 valence electrons. The summed E-state index contributed by atoms with van der Waals surface area (Å²) in [6.45, 7) is 7.82. The summed E-state index contributed by atoms with van der Waals surface area (Å²) in [6.07, 6.45) is 1.34. The molecule has 1 aromatic carbocycles. The Morgan fingerprint density at radius 1 is 1.24 bits per heavy atom. The van der Waals surface area contributed by atoms with Gasteiger partial charge in [0.1, 0.15) is 0 Å². The van der Waals surface area contributed by atoms with Crippen molar-refractivity contribution in [3.63, 3.8) is 0 Å². The number of hydrogen-bond donors (Lipinski definition) is 1. The van der Waals surface area contributed by atoms with E-state index in [2.05, 4.69) is 17.4 Å². The molecule has 3 nitrogen and oxygen atoms in total. The highest BCUT2D eigenvalue weighted by Gasteiger charge is 2.45. The third-order valence-corrected chi connectivity index (χ3v) is 4.18. The van der Waals surface area contributed by atoms with Crippen molar-refractivity contribution in [2.45, 2.75) is 52.5 Å². The van der Waals surface area contributed by atoms with Crippen molar-refractivity contribution in [3.8, 4) is 0 Å². The van der Waals surface area contributed by atoms with Crippen molar-refractivity contribution in [1.29, 1.82) is 0 Å². The van der Waals surface area contributed by atoms with Gasteiger partial charge in [0.15, 0.2) is 5.78 Å². The number of carbonyl (C=O) groups is 2. The number of hydrogen-bond acceptors (Lipinski definition) is 2. The van der Waals surface area contributed by atoms with E-state index in [9.17, 15) is 9.59 Å². The van der Waals surface area contributed by atoms with Gasteiger partial charge >= 0.3 is 0 Å². The van der Waals surface area contributed by atoms with Crippen LogP contribution in [0.2, 0.25) is 0 Å². The van der Waals surface area contributed by atoms with Crippen LogP contribution in [0.1, 0.15) is 52.0 Å². The Hall–Kier alpha value is -1.64. The minimum atomic E-state index is -0.396. The monoisotopic (exact) mass is 287 g/mol. The van der Waals surface area contributed by atoms with Crippen molar-refractivity contribution in [2.75, 3.05) is 0 Å². The van der Waals surface area contributed by atoms with Crippen molar-refractivity contribution < 1.29 is 9.59 Å². The maximum Gasteiger partial charge on any atom is 0.224 e. The Labute approximate surface area is 127 Å². The Kier molecular flexibility index (Phi) is 4.50. The second kappa shape index (κ2) is 6.00. The zero-order chi connectivity index (χ0) is 15.6. The predicted octanol–water partition coefficient (Wildman–Crippen LogP) is 3.30. The summed E-state index contributed by atoms with van der Waals surface area (Å²) >= 11 is 0. The van der Waals surface area contributed by atoms with E-state index in [1.165, 1.54) is 5.56 Å². The lowest BCUT2D eigenvalue weighted by Crippen LogP contribution is -2.49. The Morgan fingerprint density at radius 3 is 2.38 bits per heavy atom. The van der Waals surface area contributed by atoms with E-state index in [1.54, 1.807) is 0 Å². The van der Waals surface area contributed by atoms with Gasteiger partial charge in [-0.05, 0) is 23.3 Å². The van der Waals surface area contributed by atoms with Crippen LogP contribution in [0.25, 0.3) is 0 Å². The molecule has 3 heteroatoms. The topological polar surface area (TPSA) is 46.2 Å². The molecule has 0 aromatic heterocycles. The SMILES string of the molecule is CCC(=O)C(NC(=O)C1CC1c1ccccc1)C(C)(C)C. The van der Waals surface area contributed by atoms with E-state index in [0.717, 1.165) is 6.42 Å². The summed E-state index contributed by atoms with van der Waals surface area (Å²) in [7, 11) is 0. The average Bonchev–Trinajstić information content (AvgIpc) is 3.24. The Balaban J connectivity index is 2.00. The van der Waals surface area contributed by atoms with Crippen LogP contribution < -0.4 is 5.32 Å². The molecule has 1 saturated carbocycles. The highest BCUT2D eigenvalue weighted by atomic mass is 16.2. The first-order valence-corrected chi connectivity index (χ1v) is 7.72. The fourth-order valence-corrected chi connectivity index (χ4v) is 2.79. The summed E-state index contributed by atoms with van der Waals surface area (Å²) in [5, 5.41) is 2.98. The van der Waals surface area contributed by atoms with Gasteiger partial charge < -0.3 is 5.32 Å². The molecule has 1 fully saturated rings. The first-order chi connectivity index (χ1) is 9.84. The molecule has 1 aliphatic rings. The highest BCUT2D eigenvalue weighted by Crippen LogP contribution is 2.47. The van der Waals surface area contributed by atoms with E-state index < -0.39 is 6.04 Å². The van der Waals surface area contributed by atoms with Crippen molar-refractivity contribution in [2.24, 2.45) is 11.3 Å². The van der Waals surface area contributed by atoms with Crippen molar-refractivity contribution in [3.05, 3.63) is 35.9 Å². The zero-order valence-electron chi connectivity index (χ0n) is 13.3. The number of amides is 1. The lowest BCUT2D eigenvalue weighted by Gasteiger charge is -2.30. The third kappa shape index (κ3) is 3.72. The fourth-order valence-electron chi connectivity index (χ4n) is 2.79. The molecule has 1 amide bonds. The van der Waals surface area contributed by atoms with E-state index >= 15 is 0 Å². The average molecular weight is 287 g/mol. The quantitative estimate of drug-likeness (QED) is 0.903. The molecule has 0 spiro atoms. The Bertz CT molecular complexity index is 516. The predicted molar refractivity (Wildman–Crippen MR) is 84.0 cm³/mol. The van der Waals surface area contributed by atoms with Crippen LogP contribution in [0.3, 0.4) is 0 Å². The molecule has 3 atom stereocenters. The summed E-state index contributed by atoms with van der Waals surface area (Å²) in [5.74, 6) is 0.448. The fraction of sp³-hybridized carbons (Fsp3) is 0.556. The van der Waals surface area contributed by atoms with E-state index in [4.69, 9.17) is 0 Å². The van der Waals surface area contributed by atoms with Crippen LogP contribution in [0, 0.1) is 11.3 Å². The van der Waals surface area contributed by atoms with Gasteiger partial charge in [0, 0.05) is 12.3 Å². The Morgan fingerprint density at radius 2 is 1.86 bits per heavy atom. The lowest BCUT2D eigenvalue weighted by atomic mass is 9.83. The van der Waals surface area contributed by atoms with Crippen LogP contribution >= 0.6 is 0 Å². The van der Waals surface area contributed by atoms with Crippen LogP contribution in [0.4, 0.5) is 0 Å². The van der Waals surface area contributed by atoms with Gasteiger partial charge in [0.2, 0.25) is 5.91 Å². The van der Waals surface area contributed by atoms with Gasteiger partial charge in [-0.1, -0.05) is 58.0 Å². The normalized spacial score (nSPS) is 22.5. The molecular weight excluding hydrogens is 262 g/mol. The van der Waals surface area contributed by atoms with Gasteiger partial charge in [0.25, 0.3) is 0 Å². The van der Waals surface area contributed by atoms with Crippen molar-refractivity contribution >= 4 is 11.7 Å². The van der Waals surface area contributed by atoms with Gasteiger partial charge in [-0.15, -0.1) is 0 Å².